The maximum Gasteiger partial charge on any atom is 0.161 e. The minimum absolute atomic E-state index is 0.0418. The van der Waals surface area contributed by atoms with Crippen LogP contribution in [0.1, 0.15) is 19.4 Å². The Morgan fingerprint density at radius 1 is 1.21 bits per heavy atom. The SMILES string of the molecule is COc1ccc(CNCC(C#N)C(C)C)cc1OC. The van der Waals surface area contributed by atoms with Gasteiger partial charge in [0.2, 0.25) is 0 Å². The number of nitrogens with one attached hydrogen (secondary N) is 1. The maximum atomic E-state index is 9.02. The van der Waals surface area contributed by atoms with E-state index in [2.05, 4.69) is 25.2 Å². The van der Waals surface area contributed by atoms with E-state index in [1.165, 1.54) is 0 Å². The van der Waals surface area contributed by atoms with Gasteiger partial charge in [-0.2, -0.15) is 5.26 Å². The van der Waals surface area contributed by atoms with Crippen molar-refractivity contribution in [2.45, 2.75) is 20.4 Å². The van der Waals surface area contributed by atoms with E-state index >= 15 is 0 Å². The Morgan fingerprint density at radius 3 is 2.42 bits per heavy atom. The molecule has 0 bridgehead atoms. The summed E-state index contributed by atoms with van der Waals surface area (Å²) < 4.78 is 10.5. The van der Waals surface area contributed by atoms with Crippen molar-refractivity contribution in [3.63, 3.8) is 0 Å². The molecular formula is C15H22N2O2. The molecule has 1 N–H and O–H groups in total. The van der Waals surface area contributed by atoms with Crippen molar-refractivity contribution in [2.75, 3.05) is 20.8 Å². The molecule has 0 heterocycles. The van der Waals surface area contributed by atoms with Crippen molar-refractivity contribution >= 4 is 0 Å². The van der Waals surface area contributed by atoms with Crippen LogP contribution in [0.2, 0.25) is 0 Å². The second-order valence-corrected chi connectivity index (χ2v) is 4.80. The average Bonchev–Trinajstić information content (AvgIpc) is 2.42. The van der Waals surface area contributed by atoms with Crippen LogP contribution in [0.3, 0.4) is 0 Å². The van der Waals surface area contributed by atoms with Crippen LogP contribution in [0.4, 0.5) is 0 Å². The topological polar surface area (TPSA) is 54.3 Å². The monoisotopic (exact) mass is 262 g/mol. The molecule has 0 fully saturated rings. The third-order valence-corrected chi connectivity index (χ3v) is 3.11. The number of rotatable bonds is 7. The normalized spacial score (nSPS) is 12.0. The Balaban J connectivity index is 2.57. The zero-order chi connectivity index (χ0) is 14.3. The van der Waals surface area contributed by atoms with Crippen molar-refractivity contribution in [3.05, 3.63) is 23.8 Å². The van der Waals surface area contributed by atoms with E-state index in [9.17, 15) is 0 Å². The number of nitriles is 1. The van der Waals surface area contributed by atoms with Crippen molar-refractivity contribution in [2.24, 2.45) is 11.8 Å². The summed E-state index contributed by atoms with van der Waals surface area (Å²) >= 11 is 0. The van der Waals surface area contributed by atoms with E-state index < -0.39 is 0 Å². The number of hydrogen-bond acceptors (Lipinski definition) is 4. The van der Waals surface area contributed by atoms with Crippen molar-refractivity contribution in [1.29, 1.82) is 5.26 Å². The van der Waals surface area contributed by atoms with E-state index in [1.807, 2.05) is 18.2 Å². The molecule has 0 radical (unpaired) electrons. The third-order valence-electron chi connectivity index (χ3n) is 3.11. The van der Waals surface area contributed by atoms with Crippen LogP contribution in [0, 0.1) is 23.2 Å². The fourth-order valence-electron chi connectivity index (χ4n) is 1.79. The van der Waals surface area contributed by atoms with Gasteiger partial charge in [0, 0.05) is 13.1 Å². The number of benzene rings is 1. The summed E-state index contributed by atoms with van der Waals surface area (Å²) in [5.41, 5.74) is 1.11. The zero-order valence-electron chi connectivity index (χ0n) is 12.1. The standard InChI is InChI=1S/C15H22N2O2/c1-11(2)13(8-16)10-17-9-12-5-6-14(18-3)15(7-12)19-4/h5-7,11,13,17H,9-10H2,1-4H3. The molecule has 1 aromatic rings. The largest absolute Gasteiger partial charge is 0.493 e. The van der Waals surface area contributed by atoms with Crippen molar-refractivity contribution < 1.29 is 9.47 Å². The molecule has 0 saturated heterocycles. The first-order chi connectivity index (χ1) is 9.12. The molecule has 0 spiro atoms. The Morgan fingerprint density at radius 2 is 1.89 bits per heavy atom. The first-order valence-corrected chi connectivity index (χ1v) is 6.43. The summed E-state index contributed by atoms with van der Waals surface area (Å²) in [6.45, 7) is 5.53. The van der Waals surface area contributed by atoms with Gasteiger partial charge in [0.25, 0.3) is 0 Å². The Bertz CT molecular complexity index is 438. The van der Waals surface area contributed by atoms with Gasteiger partial charge in [0.15, 0.2) is 11.5 Å². The van der Waals surface area contributed by atoms with Gasteiger partial charge in [-0.3, -0.25) is 0 Å². The smallest absolute Gasteiger partial charge is 0.161 e. The minimum Gasteiger partial charge on any atom is -0.493 e. The first kappa shape index (κ1) is 15.3. The second kappa shape index (κ2) is 7.65. The molecule has 0 aromatic heterocycles. The Kier molecular flexibility index (Phi) is 6.17. The summed E-state index contributed by atoms with van der Waals surface area (Å²) in [6, 6.07) is 8.15. The maximum absolute atomic E-state index is 9.02. The summed E-state index contributed by atoms with van der Waals surface area (Å²) in [7, 11) is 3.25. The summed E-state index contributed by atoms with van der Waals surface area (Å²) in [5.74, 6) is 1.86. The van der Waals surface area contributed by atoms with Gasteiger partial charge in [-0.25, -0.2) is 0 Å². The van der Waals surface area contributed by atoms with Gasteiger partial charge in [-0.15, -0.1) is 0 Å². The van der Waals surface area contributed by atoms with E-state index in [0.717, 1.165) is 17.1 Å². The van der Waals surface area contributed by atoms with Crippen LogP contribution in [-0.2, 0) is 6.54 Å². The number of nitrogens with zero attached hydrogens (tertiary/aromatic N) is 1. The molecule has 1 atom stereocenters. The van der Waals surface area contributed by atoms with E-state index in [-0.39, 0.29) is 5.92 Å². The van der Waals surface area contributed by atoms with Gasteiger partial charge >= 0.3 is 0 Å². The highest BCUT2D eigenvalue weighted by Gasteiger charge is 2.11. The lowest BCUT2D eigenvalue weighted by atomic mass is 9.97. The molecule has 4 heteroatoms. The highest BCUT2D eigenvalue weighted by molar-refractivity contribution is 5.42. The number of methoxy groups -OCH3 is 2. The van der Waals surface area contributed by atoms with Crippen LogP contribution in [0.5, 0.6) is 11.5 Å². The van der Waals surface area contributed by atoms with Crippen LogP contribution in [-0.4, -0.2) is 20.8 Å². The quantitative estimate of drug-likeness (QED) is 0.820. The highest BCUT2D eigenvalue weighted by atomic mass is 16.5. The Hall–Kier alpha value is -1.73. The fourth-order valence-corrected chi connectivity index (χ4v) is 1.79. The highest BCUT2D eigenvalue weighted by Crippen LogP contribution is 2.27. The molecule has 1 rings (SSSR count). The molecule has 0 saturated carbocycles. The molecule has 19 heavy (non-hydrogen) atoms. The molecule has 0 aliphatic heterocycles. The summed E-state index contributed by atoms with van der Waals surface area (Å²) in [6.07, 6.45) is 0. The van der Waals surface area contributed by atoms with Gasteiger partial charge < -0.3 is 14.8 Å². The molecule has 0 amide bonds. The molecule has 104 valence electrons. The Labute approximate surface area is 115 Å². The van der Waals surface area contributed by atoms with Crippen LogP contribution in [0.25, 0.3) is 0 Å². The van der Waals surface area contributed by atoms with Crippen molar-refractivity contribution in [1.82, 2.24) is 5.32 Å². The second-order valence-electron chi connectivity index (χ2n) is 4.80. The average molecular weight is 262 g/mol. The summed E-state index contributed by atoms with van der Waals surface area (Å²) in [5, 5.41) is 12.3. The lowest BCUT2D eigenvalue weighted by Crippen LogP contribution is -2.24. The van der Waals surface area contributed by atoms with Crippen LogP contribution in [0.15, 0.2) is 18.2 Å². The first-order valence-electron chi connectivity index (χ1n) is 6.43. The van der Waals surface area contributed by atoms with Gasteiger partial charge in [-0.1, -0.05) is 19.9 Å². The van der Waals surface area contributed by atoms with Gasteiger partial charge in [0.1, 0.15) is 0 Å². The zero-order valence-corrected chi connectivity index (χ0v) is 12.1. The molecule has 0 aliphatic carbocycles. The summed E-state index contributed by atoms with van der Waals surface area (Å²) in [4.78, 5) is 0. The lowest BCUT2D eigenvalue weighted by Gasteiger charge is -2.14. The van der Waals surface area contributed by atoms with Crippen LogP contribution < -0.4 is 14.8 Å². The van der Waals surface area contributed by atoms with Gasteiger partial charge in [0.05, 0.1) is 26.2 Å². The third kappa shape index (κ3) is 4.46. The van der Waals surface area contributed by atoms with Crippen molar-refractivity contribution in [3.8, 4) is 17.6 Å². The minimum atomic E-state index is 0.0418. The van der Waals surface area contributed by atoms with E-state index in [4.69, 9.17) is 14.7 Å². The molecule has 1 aromatic carbocycles. The lowest BCUT2D eigenvalue weighted by molar-refractivity contribution is 0.354. The molecule has 1 unspecified atom stereocenters. The van der Waals surface area contributed by atoms with E-state index in [1.54, 1.807) is 14.2 Å². The molecule has 0 aliphatic rings. The van der Waals surface area contributed by atoms with Gasteiger partial charge in [-0.05, 0) is 23.6 Å². The predicted molar refractivity (Wildman–Crippen MR) is 75.2 cm³/mol. The predicted octanol–water partition coefficient (Wildman–Crippen LogP) is 2.59. The molecule has 4 nitrogen and oxygen atoms in total. The fraction of sp³-hybridized carbons (Fsp3) is 0.533. The number of hydrogen-bond donors (Lipinski definition) is 1. The molecular weight excluding hydrogens is 240 g/mol. The number of ether oxygens (including phenoxy) is 2. The van der Waals surface area contributed by atoms with Crippen LogP contribution >= 0.6 is 0 Å². The van der Waals surface area contributed by atoms with E-state index in [0.29, 0.717) is 19.0 Å².